The molecule has 1 unspecified atom stereocenters. The van der Waals surface area contributed by atoms with Crippen LogP contribution in [-0.4, -0.2) is 37.0 Å². The van der Waals surface area contributed by atoms with Gasteiger partial charge in [-0.25, -0.2) is 0 Å². The van der Waals surface area contributed by atoms with Gasteiger partial charge in [0.1, 0.15) is 6.10 Å². The Labute approximate surface area is 339 Å². The third-order valence-corrected chi connectivity index (χ3v) is 11.3. The Kier molecular flexibility index (Phi) is 47.5. The van der Waals surface area contributed by atoms with E-state index in [9.17, 15) is 9.90 Å². The van der Waals surface area contributed by atoms with Crippen molar-refractivity contribution in [3.05, 3.63) is 12.2 Å². The van der Waals surface area contributed by atoms with Crippen LogP contribution in [0.3, 0.4) is 0 Å². The van der Waals surface area contributed by atoms with Crippen molar-refractivity contribution in [2.45, 2.75) is 283 Å². The maximum atomic E-state index is 12.2. The Morgan fingerprint density at radius 3 is 1.06 bits per heavy atom. The molecule has 1 atom stereocenters. The normalized spacial score (nSPS) is 12.3. The zero-order valence-electron chi connectivity index (χ0n) is 37.0. The van der Waals surface area contributed by atoms with Crippen molar-refractivity contribution in [2.75, 3.05) is 19.8 Å². The van der Waals surface area contributed by atoms with Crippen molar-refractivity contribution >= 4 is 5.97 Å². The van der Waals surface area contributed by atoms with E-state index >= 15 is 0 Å². The number of aliphatic hydroxyl groups excluding tert-OH is 1. The summed E-state index contributed by atoms with van der Waals surface area (Å²) in [7, 11) is 0. The van der Waals surface area contributed by atoms with Gasteiger partial charge in [0.15, 0.2) is 0 Å². The number of esters is 1. The summed E-state index contributed by atoms with van der Waals surface area (Å²) in [6.45, 7) is 5.40. The number of unbranched alkanes of at least 4 members (excludes halogenated alkanes) is 37. The van der Waals surface area contributed by atoms with E-state index < -0.39 is 6.10 Å². The van der Waals surface area contributed by atoms with Crippen molar-refractivity contribution in [3.8, 4) is 0 Å². The molecule has 0 rings (SSSR count). The van der Waals surface area contributed by atoms with Gasteiger partial charge in [0.25, 0.3) is 0 Å². The Morgan fingerprint density at radius 1 is 0.426 bits per heavy atom. The first kappa shape index (κ1) is 53.1. The van der Waals surface area contributed by atoms with Crippen LogP contribution >= 0.6 is 0 Å². The van der Waals surface area contributed by atoms with Crippen molar-refractivity contribution < 1.29 is 19.4 Å². The fourth-order valence-corrected chi connectivity index (χ4v) is 7.62. The molecular formula is C50H98O4. The fraction of sp³-hybridized carbons (Fsp3) is 0.940. The number of allylic oxidation sites excluding steroid dienone is 2. The van der Waals surface area contributed by atoms with Crippen LogP contribution in [0.15, 0.2) is 12.2 Å². The molecule has 0 saturated heterocycles. The number of rotatable bonds is 47. The molecule has 4 nitrogen and oxygen atoms in total. The molecule has 0 amide bonds. The van der Waals surface area contributed by atoms with E-state index in [1.807, 2.05) is 0 Å². The molecule has 0 aliphatic rings. The molecule has 0 aromatic carbocycles. The highest BCUT2D eigenvalue weighted by Crippen LogP contribution is 2.16. The van der Waals surface area contributed by atoms with Gasteiger partial charge in [-0.1, -0.05) is 244 Å². The van der Waals surface area contributed by atoms with Crippen LogP contribution in [0.25, 0.3) is 0 Å². The lowest BCUT2D eigenvalue weighted by Gasteiger charge is -2.16. The molecule has 0 aliphatic heterocycles. The van der Waals surface area contributed by atoms with Gasteiger partial charge in [-0.05, 0) is 38.5 Å². The first-order valence-electron chi connectivity index (χ1n) is 24.8. The van der Waals surface area contributed by atoms with E-state index in [0.717, 1.165) is 19.3 Å². The lowest BCUT2D eigenvalue weighted by Crippen LogP contribution is -2.27. The predicted molar refractivity (Wildman–Crippen MR) is 238 cm³/mol. The number of hydrogen-bond acceptors (Lipinski definition) is 4. The van der Waals surface area contributed by atoms with Gasteiger partial charge >= 0.3 is 5.97 Å². The lowest BCUT2D eigenvalue weighted by molar-refractivity contribution is -0.154. The second-order valence-corrected chi connectivity index (χ2v) is 16.9. The molecule has 0 aliphatic carbocycles. The van der Waals surface area contributed by atoms with E-state index in [0.29, 0.717) is 19.6 Å². The van der Waals surface area contributed by atoms with Gasteiger partial charge < -0.3 is 14.6 Å². The molecule has 0 radical (unpaired) electrons. The SMILES string of the molecule is CCCCCCCC/C=C\CCCCCCCCCCCC(=O)OC(CO)COCCCCCCCCCCCCCCCCCCCCCCCCC. The average Bonchev–Trinajstić information content (AvgIpc) is 3.18. The number of carbonyl (C=O) groups excluding carboxylic acids is 1. The van der Waals surface area contributed by atoms with Gasteiger partial charge in [-0.15, -0.1) is 0 Å². The minimum atomic E-state index is -0.530. The van der Waals surface area contributed by atoms with Gasteiger partial charge in [-0.3, -0.25) is 4.79 Å². The molecule has 0 saturated carbocycles. The summed E-state index contributed by atoms with van der Waals surface area (Å²) in [6, 6.07) is 0. The smallest absolute Gasteiger partial charge is 0.306 e. The Bertz CT molecular complexity index is 721. The van der Waals surface area contributed by atoms with Gasteiger partial charge in [0, 0.05) is 13.0 Å². The third-order valence-electron chi connectivity index (χ3n) is 11.3. The van der Waals surface area contributed by atoms with E-state index in [-0.39, 0.29) is 12.6 Å². The summed E-state index contributed by atoms with van der Waals surface area (Å²) >= 11 is 0. The van der Waals surface area contributed by atoms with E-state index in [4.69, 9.17) is 9.47 Å². The minimum absolute atomic E-state index is 0.166. The average molecular weight is 763 g/mol. The summed E-state index contributed by atoms with van der Waals surface area (Å²) in [4.78, 5) is 12.2. The molecule has 0 spiro atoms. The second kappa shape index (κ2) is 48.3. The summed E-state index contributed by atoms with van der Waals surface area (Å²) in [5.41, 5.74) is 0. The Balaban J connectivity index is 3.35. The highest BCUT2D eigenvalue weighted by Gasteiger charge is 2.13. The van der Waals surface area contributed by atoms with Gasteiger partial charge in [-0.2, -0.15) is 0 Å². The first-order chi connectivity index (χ1) is 26.7. The number of ether oxygens (including phenoxy) is 2. The van der Waals surface area contributed by atoms with Crippen molar-refractivity contribution in [1.29, 1.82) is 0 Å². The summed E-state index contributed by atoms with van der Waals surface area (Å²) < 4.78 is 11.2. The quantitative estimate of drug-likeness (QED) is 0.0381. The molecule has 0 heterocycles. The van der Waals surface area contributed by atoms with E-state index in [1.54, 1.807) is 0 Å². The highest BCUT2D eigenvalue weighted by molar-refractivity contribution is 5.69. The van der Waals surface area contributed by atoms with Crippen LogP contribution in [0.5, 0.6) is 0 Å². The number of hydrogen-bond donors (Lipinski definition) is 1. The monoisotopic (exact) mass is 763 g/mol. The maximum Gasteiger partial charge on any atom is 0.306 e. The second-order valence-electron chi connectivity index (χ2n) is 16.9. The molecule has 0 bridgehead atoms. The van der Waals surface area contributed by atoms with Crippen molar-refractivity contribution in [3.63, 3.8) is 0 Å². The van der Waals surface area contributed by atoms with Crippen LogP contribution in [0.2, 0.25) is 0 Å². The van der Waals surface area contributed by atoms with Gasteiger partial charge in [0.2, 0.25) is 0 Å². The van der Waals surface area contributed by atoms with Crippen LogP contribution in [0, 0.1) is 0 Å². The number of aliphatic hydroxyl groups is 1. The summed E-state index contributed by atoms with van der Waals surface area (Å²) in [6.07, 6.45) is 58.7. The fourth-order valence-electron chi connectivity index (χ4n) is 7.62. The minimum Gasteiger partial charge on any atom is -0.457 e. The zero-order chi connectivity index (χ0) is 39.1. The number of carbonyl (C=O) groups is 1. The zero-order valence-corrected chi connectivity index (χ0v) is 37.0. The van der Waals surface area contributed by atoms with Crippen LogP contribution in [0.4, 0.5) is 0 Å². The van der Waals surface area contributed by atoms with Crippen LogP contribution < -0.4 is 0 Å². The van der Waals surface area contributed by atoms with Crippen LogP contribution in [0.1, 0.15) is 277 Å². The molecule has 4 heteroatoms. The molecular weight excluding hydrogens is 665 g/mol. The van der Waals surface area contributed by atoms with Gasteiger partial charge in [0.05, 0.1) is 13.2 Å². The third kappa shape index (κ3) is 45.5. The Hall–Kier alpha value is -0.870. The molecule has 0 aromatic heterocycles. The van der Waals surface area contributed by atoms with Crippen LogP contribution in [-0.2, 0) is 14.3 Å². The molecule has 0 fully saturated rings. The molecule has 54 heavy (non-hydrogen) atoms. The van der Waals surface area contributed by atoms with Crippen molar-refractivity contribution in [2.24, 2.45) is 0 Å². The maximum absolute atomic E-state index is 12.2. The summed E-state index contributed by atoms with van der Waals surface area (Å²) in [5.74, 6) is -0.196. The Morgan fingerprint density at radius 2 is 0.722 bits per heavy atom. The molecule has 1 N–H and O–H groups in total. The highest BCUT2D eigenvalue weighted by atomic mass is 16.6. The molecule has 322 valence electrons. The van der Waals surface area contributed by atoms with E-state index in [2.05, 4.69) is 26.0 Å². The topological polar surface area (TPSA) is 55.8 Å². The van der Waals surface area contributed by atoms with Crippen molar-refractivity contribution in [1.82, 2.24) is 0 Å². The van der Waals surface area contributed by atoms with E-state index in [1.165, 1.54) is 238 Å². The first-order valence-corrected chi connectivity index (χ1v) is 24.8. The standard InChI is InChI=1S/C50H98O4/c1-3-5-7-9-11-13-15-17-19-21-23-24-25-26-28-30-32-34-36-38-40-42-44-46-53-48-49(47-51)54-50(52)45-43-41-39-37-35-33-31-29-27-22-20-18-16-14-12-10-8-6-4-2/h18,20,49,51H,3-17,19,21-48H2,1-2H3/b20-18-. The molecule has 0 aromatic rings. The lowest BCUT2D eigenvalue weighted by atomic mass is 10.0. The summed E-state index contributed by atoms with van der Waals surface area (Å²) in [5, 5.41) is 9.64. The largest absolute Gasteiger partial charge is 0.457 e. The predicted octanol–water partition coefficient (Wildman–Crippen LogP) is 16.5.